The molecule has 0 aliphatic rings. The first-order chi connectivity index (χ1) is 9.83. The van der Waals surface area contributed by atoms with E-state index >= 15 is 0 Å². The minimum Gasteiger partial charge on any atom is -0.497 e. The fourth-order valence-corrected chi connectivity index (χ4v) is 4.39. The van der Waals surface area contributed by atoms with Gasteiger partial charge in [0.2, 0.25) is 0 Å². The van der Waals surface area contributed by atoms with Crippen LogP contribution in [0.2, 0.25) is 0 Å². The van der Waals surface area contributed by atoms with E-state index in [-0.39, 0.29) is 15.5 Å². The van der Waals surface area contributed by atoms with E-state index < -0.39 is 16.0 Å². The van der Waals surface area contributed by atoms with Crippen LogP contribution in [0.4, 0.5) is 5.69 Å². The molecule has 21 heavy (non-hydrogen) atoms. The molecule has 2 N–H and O–H groups in total. The van der Waals surface area contributed by atoms with Crippen molar-refractivity contribution < 1.29 is 23.1 Å². The SMILES string of the molecule is COc1cc(Br)cc(NS(=O)(=O)c2ccsc2C(=O)O)c1. The van der Waals surface area contributed by atoms with Crippen LogP contribution in [-0.2, 0) is 10.0 Å². The highest BCUT2D eigenvalue weighted by molar-refractivity contribution is 9.10. The molecule has 0 saturated carbocycles. The Balaban J connectivity index is 2.40. The molecular weight excluding hydrogens is 382 g/mol. The number of anilines is 1. The zero-order chi connectivity index (χ0) is 15.6. The van der Waals surface area contributed by atoms with Gasteiger partial charge in [-0.15, -0.1) is 11.3 Å². The summed E-state index contributed by atoms with van der Waals surface area (Å²) in [4.78, 5) is 10.5. The van der Waals surface area contributed by atoms with E-state index in [1.807, 2.05) is 0 Å². The average molecular weight is 392 g/mol. The molecule has 0 bridgehead atoms. The Morgan fingerprint density at radius 3 is 2.71 bits per heavy atom. The number of methoxy groups -OCH3 is 1. The minimum atomic E-state index is -3.98. The maximum absolute atomic E-state index is 12.3. The summed E-state index contributed by atoms with van der Waals surface area (Å²) in [5.41, 5.74) is 0.267. The van der Waals surface area contributed by atoms with Crippen LogP contribution in [0.15, 0.2) is 39.0 Å². The molecule has 0 amide bonds. The number of hydrogen-bond donors (Lipinski definition) is 2. The van der Waals surface area contributed by atoms with Gasteiger partial charge in [0.1, 0.15) is 15.5 Å². The predicted molar refractivity (Wildman–Crippen MR) is 82.8 cm³/mol. The fraction of sp³-hybridized carbons (Fsp3) is 0.0833. The lowest BCUT2D eigenvalue weighted by atomic mass is 10.3. The van der Waals surface area contributed by atoms with Gasteiger partial charge in [0.15, 0.2) is 0 Å². The van der Waals surface area contributed by atoms with Gasteiger partial charge in [0, 0.05) is 10.5 Å². The largest absolute Gasteiger partial charge is 0.497 e. The van der Waals surface area contributed by atoms with Crippen LogP contribution in [0, 0.1) is 0 Å². The monoisotopic (exact) mass is 391 g/mol. The first kappa shape index (κ1) is 15.8. The Labute approximate surface area is 133 Å². The van der Waals surface area contributed by atoms with Crippen LogP contribution in [0.25, 0.3) is 0 Å². The third-order valence-corrected chi connectivity index (χ3v) is 5.39. The van der Waals surface area contributed by atoms with Gasteiger partial charge in [0.25, 0.3) is 10.0 Å². The zero-order valence-electron chi connectivity index (χ0n) is 10.7. The zero-order valence-corrected chi connectivity index (χ0v) is 13.9. The molecule has 9 heteroatoms. The molecule has 0 aliphatic heterocycles. The second-order valence-electron chi connectivity index (χ2n) is 3.90. The third kappa shape index (κ3) is 3.55. The van der Waals surface area contributed by atoms with Gasteiger partial charge >= 0.3 is 5.97 Å². The molecule has 2 aromatic rings. The van der Waals surface area contributed by atoms with Crippen molar-refractivity contribution in [2.24, 2.45) is 0 Å². The van der Waals surface area contributed by atoms with Gasteiger partial charge in [-0.3, -0.25) is 4.72 Å². The Morgan fingerprint density at radius 1 is 1.38 bits per heavy atom. The number of carboxylic acid groups (broad SMARTS) is 1. The van der Waals surface area contributed by atoms with Crippen LogP contribution in [0.5, 0.6) is 5.75 Å². The second-order valence-corrected chi connectivity index (χ2v) is 7.39. The van der Waals surface area contributed by atoms with Crippen molar-refractivity contribution in [1.82, 2.24) is 0 Å². The maximum Gasteiger partial charge on any atom is 0.347 e. The molecule has 1 aromatic carbocycles. The molecule has 1 aromatic heterocycles. The lowest BCUT2D eigenvalue weighted by Gasteiger charge is -2.10. The molecule has 0 unspecified atom stereocenters. The number of aromatic carboxylic acids is 1. The van der Waals surface area contributed by atoms with Gasteiger partial charge in [-0.05, 0) is 23.6 Å². The van der Waals surface area contributed by atoms with Crippen molar-refractivity contribution in [2.45, 2.75) is 4.90 Å². The molecule has 6 nitrogen and oxygen atoms in total. The van der Waals surface area contributed by atoms with E-state index in [1.54, 1.807) is 12.1 Å². The molecule has 2 rings (SSSR count). The van der Waals surface area contributed by atoms with Gasteiger partial charge in [-0.25, -0.2) is 13.2 Å². The highest BCUT2D eigenvalue weighted by atomic mass is 79.9. The number of ether oxygens (including phenoxy) is 1. The van der Waals surface area contributed by atoms with Crippen LogP contribution in [0.3, 0.4) is 0 Å². The van der Waals surface area contributed by atoms with E-state index in [0.29, 0.717) is 10.2 Å². The van der Waals surface area contributed by atoms with Crippen LogP contribution in [-0.4, -0.2) is 26.6 Å². The predicted octanol–water partition coefficient (Wildman–Crippen LogP) is 3.02. The van der Waals surface area contributed by atoms with Crippen molar-refractivity contribution >= 4 is 48.9 Å². The standard InChI is InChI=1S/C12H10BrNO5S2/c1-19-9-5-7(13)4-8(6-9)14-21(17,18)10-2-3-20-11(10)12(15)16/h2-6,14H,1H3,(H,15,16). The molecule has 1 heterocycles. The number of nitrogens with one attached hydrogen (secondary N) is 1. The highest BCUT2D eigenvalue weighted by Crippen LogP contribution is 2.28. The normalized spacial score (nSPS) is 11.1. The minimum absolute atomic E-state index is 0.232. The molecule has 112 valence electrons. The molecular formula is C12H10BrNO5S2. The topological polar surface area (TPSA) is 92.7 Å². The Morgan fingerprint density at radius 2 is 2.10 bits per heavy atom. The van der Waals surface area contributed by atoms with Crippen molar-refractivity contribution in [3.05, 3.63) is 39.0 Å². The molecule has 0 fully saturated rings. The number of benzene rings is 1. The summed E-state index contributed by atoms with van der Waals surface area (Å²) in [5, 5.41) is 10.4. The highest BCUT2D eigenvalue weighted by Gasteiger charge is 2.24. The molecule has 0 spiro atoms. The van der Waals surface area contributed by atoms with Gasteiger partial charge in [-0.1, -0.05) is 15.9 Å². The van der Waals surface area contributed by atoms with Crippen molar-refractivity contribution in [2.75, 3.05) is 11.8 Å². The van der Waals surface area contributed by atoms with Crippen molar-refractivity contribution in [1.29, 1.82) is 0 Å². The number of rotatable bonds is 5. The molecule has 0 aliphatic carbocycles. The van der Waals surface area contributed by atoms with Crippen molar-refractivity contribution in [3.8, 4) is 5.75 Å². The summed E-state index contributed by atoms with van der Waals surface area (Å²) in [5.74, 6) is -0.817. The third-order valence-electron chi connectivity index (χ3n) is 2.47. The number of carboxylic acids is 1. The Hall–Kier alpha value is -1.58. The van der Waals surface area contributed by atoms with Crippen LogP contribution < -0.4 is 9.46 Å². The second kappa shape index (κ2) is 6.04. The lowest BCUT2D eigenvalue weighted by molar-refractivity contribution is 0.0698. The quantitative estimate of drug-likeness (QED) is 0.816. The summed E-state index contributed by atoms with van der Waals surface area (Å²) < 4.78 is 32.6. The number of carbonyl (C=O) groups is 1. The average Bonchev–Trinajstić information content (AvgIpc) is 2.87. The van der Waals surface area contributed by atoms with Gasteiger partial charge < -0.3 is 9.84 Å². The van der Waals surface area contributed by atoms with Crippen LogP contribution >= 0.6 is 27.3 Å². The van der Waals surface area contributed by atoms with E-state index in [4.69, 9.17) is 9.84 Å². The molecule has 0 saturated heterocycles. The van der Waals surface area contributed by atoms with E-state index in [2.05, 4.69) is 20.7 Å². The van der Waals surface area contributed by atoms with Crippen molar-refractivity contribution in [3.63, 3.8) is 0 Å². The number of sulfonamides is 1. The van der Waals surface area contributed by atoms with E-state index in [0.717, 1.165) is 11.3 Å². The van der Waals surface area contributed by atoms with Gasteiger partial charge in [-0.2, -0.15) is 0 Å². The lowest BCUT2D eigenvalue weighted by Crippen LogP contribution is -2.15. The summed E-state index contributed by atoms with van der Waals surface area (Å²) in [6.07, 6.45) is 0. The molecule has 0 radical (unpaired) electrons. The number of halogens is 1. The summed E-state index contributed by atoms with van der Waals surface area (Å²) in [6, 6.07) is 5.97. The Kier molecular flexibility index (Phi) is 4.55. The van der Waals surface area contributed by atoms with E-state index in [1.165, 1.54) is 24.6 Å². The summed E-state index contributed by atoms with van der Waals surface area (Å²) >= 11 is 4.09. The van der Waals surface area contributed by atoms with Crippen LogP contribution in [0.1, 0.15) is 9.67 Å². The fourth-order valence-electron chi connectivity index (χ4n) is 1.61. The summed E-state index contributed by atoms with van der Waals surface area (Å²) in [7, 11) is -2.52. The first-order valence-corrected chi connectivity index (χ1v) is 8.67. The number of thiophene rings is 1. The first-order valence-electron chi connectivity index (χ1n) is 5.51. The number of hydrogen-bond acceptors (Lipinski definition) is 5. The Bertz CT molecular complexity index is 785. The molecule has 0 atom stereocenters. The summed E-state index contributed by atoms with van der Waals surface area (Å²) in [6.45, 7) is 0. The van der Waals surface area contributed by atoms with E-state index in [9.17, 15) is 13.2 Å². The van der Waals surface area contributed by atoms with Gasteiger partial charge in [0.05, 0.1) is 12.8 Å². The smallest absolute Gasteiger partial charge is 0.347 e. The maximum atomic E-state index is 12.3.